The number of carbonyl (C=O) groups is 2. The number of aryl methyl sites for hydroxylation is 1. The van der Waals surface area contributed by atoms with E-state index in [-0.39, 0.29) is 11.5 Å². The van der Waals surface area contributed by atoms with Gasteiger partial charge in [-0.15, -0.1) is 0 Å². The van der Waals surface area contributed by atoms with Gasteiger partial charge in [-0.05, 0) is 42.8 Å². The summed E-state index contributed by atoms with van der Waals surface area (Å²) in [5, 5.41) is 11.8. The molecule has 5 nitrogen and oxygen atoms in total. The molecule has 0 heterocycles. The number of halogens is 1. The highest BCUT2D eigenvalue weighted by molar-refractivity contribution is 9.10. The first-order chi connectivity index (χ1) is 10.4. The summed E-state index contributed by atoms with van der Waals surface area (Å²) < 4.78 is 5.91. The van der Waals surface area contributed by atoms with Crippen LogP contribution in [-0.2, 0) is 0 Å². The molecule has 1 amide bonds. The Kier molecular flexibility index (Phi) is 4.82. The zero-order valence-electron chi connectivity index (χ0n) is 12.0. The van der Waals surface area contributed by atoms with Crippen LogP contribution in [0.2, 0.25) is 0 Å². The normalized spacial score (nSPS) is 10.1. The van der Waals surface area contributed by atoms with Gasteiger partial charge < -0.3 is 15.2 Å². The first-order valence-electron chi connectivity index (χ1n) is 6.41. The predicted octanol–water partition coefficient (Wildman–Crippen LogP) is 3.72. The van der Waals surface area contributed by atoms with Crippen LogP contribution in [0.1, 0.15) is 26.3 Å². The lowest BCUT2D eigenvalue weighted by Gasteiger charge is -2.11. The van der Waals surface area contributed by atoms with Gasteiger partial charge in [0.05, 0.1) is 18.2 Å². The van der Waals surface area contributed by atoms with Crippen molar-refractivity contribution in [3.05, 3.63) is 57.6 Å². The summed E-state index contributed by atoms with van der Waals surface area (Å²) in [5.41, 5.74) is 1.55. The van der Waals surface area contributed by atoms with Crippen LogP contribution in [0.25, 0.3) is 0 Å². The Hall–Kier alpha value is -2.34. The summed E-state index contributed by atoms with van der Waals surface area (Å²) in [4.78, 5) is 23.5. The molecule has 0 radical (unpaired) electrons. The van der Waals surface area contributed by atoms with Crippen LogP contribution < -0.4 is 10.1 Å². The van der Waals surface area contributed by atoms with Gasteiger partial charge in [-0.2, -0.15) is 0 Å². The van der Waals surface area contributed by atoms with Gasteiger partial charge in [0.25, 0.3) is 5.91 Å². The lowest BCUT2D eigenvalue weighted by molar-refractivity contribution is 0.0695. The molecule has 22 heavy (non-hydrogen) atoms. The molecule has 0 aliphatic carbocycles. The minimum absolute atomic E-state index is 0.152. The van der Waals surface area contributed by atoms with E-state index in [1.54, 1.807) is 37.3 Å². The summed E-state index contributed by atoms with van der Waals surface area (Å²) in [6, 6.07) is 9.82. The molecule has 0 fully saturated rings. The molecule has 0 spiro atoms. The van der Waals surface area contributed by atoms with Crippen LogP contribution in [0, 0.1) is 6.92 Å². The highest BCUT2D eigenvalue weighted by Gasteiger charge is 2.14. The molecule has 0 aliphatic rings. The van der Waals surface area contributed by atoms with E-state index in [0.29, 0.717) is 22.6 Å². The molecule has 0 aliphatic heterocycles. The van der Waals surface area contributed by atoms with E-state index in [9.17, 15) is 9.59 Å². The van der Waals surface area contributed by atoms with Crippen LogP contribution in [0.3, 0.4) is 0 Å². The summed E-state index contributed by atoms with van der Waals surface area (Å²) in [7, 11) is 1.48. The topological polar surface area (TPSA) is 75.6 Å². The number of carboxylic acids is 1. The zero-order chi connectivity index (χ0) is 16.3. The predicted molar refractivity (Wildman–Crippen MR) is 86.8 cm³/mol. The van der Waals surface area contributed by atoms with E-state index in [4.69, 9.17) is 9.84 Å². The van der Waals surface area contributed by atoms with Crippen molar-refractivity contribution >= 4 is 33.5 Å². The summed E-state index contributed by atoms with van der Waals surface area (Å²) in [5.74, 6) is -0.974. The Labute approximate surface area is 136 Å². The molecule has 2 aromatic rings. The standard InChI is InChI=1S/C16H14BrNO4/c1-9-3-5-11(8-12(9)16(20)21)18-15(19)13-7-10(17)4-6-14(13)22-2/h3-8H,1-2H3,(H,18,19)(H,20,21). The first-order valence-corrected chi connectivity index (χ1v) is 7.20. The number of carboxylic acid groups (broad SMARTS) is 1. The van der Waals surface area contributed by atoms with Crippen molar-refractivity contribution in [1.29, 1.82) is 0 Å². The SMILES string of the molecule is COc1ccc(Br)cc1C(=O)Nc1ccc(C)c(C(=O)O)c1. The number of nitrogens with one attached hydrogen (secondary N) is 1. The summed E-state index contributed by atoms with van der Waals surface area (Å²) in [6.07, 6.45) is 0. The zero-order valence-corrected chi connectivity index (χ0v) is 13.6. The van der Waals surface area contributed by atoms with Crippen LogP contribution in [0.15, 0.2) is 40.9 Å². The molecule has 0 saturated carbocycles. The molecule has 0 saturated heterocycles. The largest absolute Gasteiger partial charge is 0.496 e. The highest BCUT2D eigenvalue weighted by Crippen LogP contribution is 2.24. The van der Waals surface area contributed by atoms with E-state index in [0.717, 1.165) is 4.47 Å². The van der Waals surface area contributed by atoms with Gasteiger partial charge in [-0.25, -0.2) is 4.79 Å². The lowest BCUT2D eigenvalue weighted by Crippen LogP contribution is -2.14. The minimum atomic E-state index is -1.03. The van der Waals surface area contributed by atoms with E-state index in [1.165, 1.54) is 13.2 Å². The highest BCUT2D eigenvalue weighted by atomic mass is 79.9. The number of benzene rings is 2. The second-order valence-electron chi connectivity index (χ2n) is 4.63. The smallest absolute Gasteiger partial charge is 0.336 e. The molecular weight excluding hydrogens is 350 g/mol. The van der Waals surface area contributed by atoms with Gasteiger partial charge in [0.15, 0.2) is 0 Å². The molecular formula is C16H14BrNO4. The lowest BCUT2D eigenvalue weighted by atomic mass is 10.1. The van der Waals surface area contributed by atoms with Crippen molar-refractivity contribution in [1.82, 2.24) is 0 Å². The second-order valence-corrected chi connectivity index (χ2v) is 5.55. The monoisotopic (exact) mass is 363 g/mol. The number of anilines is 1. The van der Waals surface area contributed by atoms with Crippen molar-refractivity contribution in [2.24, 2.45) is 0 Å². The number of hydrogen-bond donors (Lipinski definition) is 2. The Morgan fingerprint density at radius 3 is 2.50 bits per heavy atom. The molecule has 114 valence electrons. The number of aromatic carboxylic acids is 1. The molecule has 2 rings (SSSR count). The van der Waals surface area contributed by atoms with Crippen LogP contribution in [0.4, 0.5) is 5.69 Å². The van der Waals surface area contributed by atoms with Crippen LogP contribution >= 0.6 is 15.9 Å². The number of hydrogen-bond acceptors (Lipinski definition) is 3. The molecule has 2 aromatic carbocycles. The molecule has 2 N–H and O–H groups in total. The third kappa shape index (κ3) is 3.46. The maximum atomic E-state index is 12.4. The average molecular weight is 364 g/mol. The fourth-order valence-electron chi connectivity index (χ4n) is 1.99. The maximum absolute atomic E-state index is 12.4. The first kappa shape index (κ1) is 16.0. The molecule has 6 heteroatoms. The summed E-state index contributed by atoms with van der Waals surface area (Å²) in [6.45, 7) is 1.70. The minimum Gasteiger partial charge on any atom is -0.496 e. The number of ether oxygens (including phenoxy) is 1. The van der Waals surface area contributed by atoms with Gasteiger partial charge in [-0.3, -0.25) is 4.79 Å². The Morgan fingerprint density at radius 1 is 1.14 bits per heavy atom. The number of methoxy groups -OCH3 is 1. The van der Waals surface area contributed by atoms with Crippen LogP contribution in [0.5, 0.6) is 5.75 Å². The van der Waals surface area contributed by atoms with Crippen molar-refractivity contribution in [2.75, 3.05) is 12.4 Å². The molecule has 0 aromatic heterocycles. The third-order valence-electron chi connectivity index (χ3n) is 3.13. The van der Waals surface area contributed by atoms with Crippen molar-refractivity contribution in [2.45, 2.75) is 6.92 Å². The van der Waals surface area contributed by atoms with Crippen molar-refractivity contribution < 1.29 is 19.4 Å². The van der Waals surface area contributed by atoms with Crippen molar-refractivity contribution in [3.63, 3.8) is 0 Å². The Morgan fingerprint density at radius 2 is 1.86 bits per heavy atom. The number of rotatable bonds is 4. The van der Waals surface area contributed by atoms with Gasteiger partial charge in [0.1, 0.15) is 5.75 Å². The van der Waals surface area contributed by atoms with Gasteiger partial charge in [0, 0.05) is 10.2 Å². The van der Waals surface area contributed by atoms with E-state index in [2.05, 4.69) is 21.2 Å². The average Bonchev–Trinajstić information content (AvgIpc) is 2.48. The van der Waals surface area contributed by atoms with Gasteiger partial charge in [0.2, 0.25) is 0 Å². The van der Waals surface area contributed by atoms with Crippen LogP contribution in [-0.4, -0.2) is 24.1 Å². The number of amides is 1. The Bertz CT molecular complexity index is 743. The number of carbonyl (C=O) groups excluding carboxylic acids is 1. The van der Waals surface area contributed by atoms with Gasteiger partial charge >= 0.3 is 5.97 Å². The third-order valence-corrected chi connectivity index (χ3v) is 3.63. The maximum Gasteiger partial charge on any atom is 0.336 e. The van der Waals surface area contributed by atoms with E-state index in [1.807, 2.05) is 0 Å². The second kappa shape index (κ2) is 6.62. The molecule has 0 unspecified atom stereocenters. The van der Waals surface area contributed by atoms with Crippen molar-refractivity contribution in [3.8, 4) is 5.75 Å². The fourth-order valence-corrected chi connectivity index (χ4v) is 2.35. The van der Waals surface area contributed by atoms with Gasteiger partial charge in [-0.1, -0.05) is 22.0 Å². The van der Waals surface area contributed by atoms with E-state index >= 15 is 0 Å². The summed E-state index contributed by atoms with van der Waals surface area (Å²) >= 11 is 3.31. The molecule has 0 atom stereocenters. The Balaban J connectivity index is 2.31. The quantitative estimate of drug-likeness (QED) is 0.867. The fraction of sp³-hybridized carbons (Fsp3) is 0.125. The molecule has 0 bridgehead atoms. The van der Waals surface area contributed by atoms with E-state index < -0.39 is 5.97 Å².